The second-order valence-electron chi connectivity index (χ2n) is 6.27. The number of nitrogens with zero attached hydrogens (tertiary/aromatic N) is 1. The number of ether oxygens (including phenoxy) is 1. The fourth-order valence-corrected chi connectivity index (χ4v) is 2.77. The molecule has 1 aromatic carbocycles. The summed E-state index contributed by atoms with van der Waals surface area (Å²) in [6, 6.07) is 5.70. The van der Waals surface area contributed by atoms with E-state index in [0.717, 1.165) is 41.5 Å². The molecular weight excluding hydrogens is 250 g/mol. The largest absolute Gasteiger partial charge is 0.496 e. The Labute approximate surface area is 120 Å². The minimum atomic E-state index is 0.735. The Bertz CT molecular complexity index is 464. The van der Waals surface area contributed by atoms with Crippen LogP contribution in [0.15, 0.2) is 18.2 Å². The van der Waals surface area contributed by atoms with E-state index in [1.54, 1.807) is 7.11 Å². The zero-order valence-electron chi connectivity index (χ0n) is 12.2. The molecule has 0 saturated heterocycles. The molecule has 20 heavy (non-hydrogen) atoms. The first-order valence-electron chi connectivity index (χ1n) is 7.63. The van der Waals surface area contributed by atoms with Crippen LogP contribution >= 0.6 is 0 Å². The van der Waals surface area contributed by atoms with Gasteiger partial charge in [0.2, 0.25) is 0 Å². The molecule has 2 aliphatic rings. The van der Waals surface area contributed by atoms with Crippen molar-refractivity contribution in [3.63, 3.8) is 0 Å². The first kappa shape index (κ1) is 13.6. The topological polar surface area (TPSA) is 29.5 Å². The van der Waals surface area contributed by atoms with Gasteiger partial charge >= 0.3 is 0 Å². The lowest BCUT2D eigenvalue weighted by molar-refractivity contribution is 0.112. The van der Waals surface area contributed by atoms with Crippen molar-refractivity contribution in [2.45, 2.75) is 32.2 Å². The van der Waals surface area contributed by atoms with Crippen LogP contribution in [0.25, 0.3) is 0 Å². The van der Waals surface area contributed by atoms with Gasteiger partial charge < -0.3 is 4.74 Å². The van der Waals surface area contributed by atoms with Crippen molar-refractivity contribution in [2.75, 3.05) is 20.2 Å². The summed E-state index contributed by atoms with van der Waals surface area (Å²) in [6.07, 6.45) is 6.44. The molecule has 0 aromatic heterocycles. The smallest absolute Gasteiger partial charge is 0.150 e. The van der Waals surface area contributed by atoms with E-state index in [1.165, 1.54) is 38.8 Å². The number of rotatable bonds is 8. The van der Waals surface area contributed by atoms with Gasteiger partial charge in [-0.25, -0.2) is 0 Å². The predicted octanol–water partition coefficient (Wildman–Crippen LogP) is 3.13. The van der Waals surface area contributed by atoms with Crippen molar-refractivity contribution in [1.29, 1.82) is 0 Å². The third-order valence-corrected chi connectivity index (χ3v) is 4.26. The highest BCUT2D eigenvalue weighted by Crippen LogP contribution is 2.35. The lowest BCUT2D eigenvalue weighted by atomic mass is 10.1. The average Bonchev–Trinajstić information content (AvgIpc) is 3.35. The number of aldehydes is 1. The highest BCUT2D eigenvalue weighted by Gasteiger charge is 2.29. The van der Waals surface area contributed by atoms with Crippen molar-refractivity contribution in [3.8, 4) is 5.75 Å². The van der Waals surface area contributed by atoms with Crippen LogP contribution in [-0.2, 0) is 6.54 Å². The maximum Gasteiger partial charge on any atom is 0.150 e. The maximum absolute atomic E-state index is 11.0. The average molecular weight is 273 g/mol. The van der Waals surface area contributed by atoms with Crippen LogP contribution in [-0.4, -0.2) is 31.4 Å². The summed E-state index contributed by atoms with van der Waals surface area (Å²) < 4.78 is 5.44. The van der Waals surface area contributed by atoms with Gasteiger partial charge in [-0.3, -0.25) is 9.69 Å². The van der Waals surface area contributed by atoms with Crippen LogP contribution < -0.4 is 4.74 Å². The monoisotopic (exact) mass is 273 g/mol. The van der Waals surface area contributed by atoms with Crippen LogP contribution in [0.1, 0.15) is 41.6 Å². The summed E-state index contributed by atoms with van der Waals surface area (Å²) in [6.45, 7) is 3.30. The van der Waals surface area contributed by atoms with Crippen LogP contribution in [0.5, 0.6) is 5.75 Å². The molecule has 2 saturated carbocycles. The molecule has 2 fully saturated rings. The molecule has 3 heteroatoms. The molecule has 2 aliphatic carbocycles. The lowest BCUT2D eigenvalue weighted by Crippen LogP contribution is -2.28. The Hall–Kier alpha value is -1.35. The van der Waals surface area contributed by atoms with Crippen LogP contribution in [0.4, 0.5) is 0 Å². The standard InChI is InChI=1S/C17H23NO2/c1-20-17-7-6-15(12-19)8-16(17)11-18(9-13-2-3-13)10-14-4-5-14/h6-8,12-14H,2-5,9-11H2,1H3. The Kier molecular flexibility index (Phi) is 4.06. The van der Waals surface area contributed by atoms with E-state index < -0.39 is 0 Å². The quantitative estimate of drug-likeness (QED) is 0.682. The van der Waals surface area contributed by atoms with Crippen molar-refractivity contribution in [1.82, 2.24) is 4.90 Å². The first-order valence-corrected chi connectivity index (χ1v) is 7.63. The number of hydrogen-bond donors (Lipinski definition) is 0. The molecule has 0 atom stereocenters. The Morgan fingerprint density at radius 1 is 1.20 bits per heavy atom. The Morgan fingerprint density at radius 2 is 1.85 bits per heavy atom. The number of methoxy groups -OCH3 is 1. The second kappa shape index (κ2) is 5.96. The highest BCUT2D eigenvalue weighted by molar-refractivity contribution is 5.75. The molecule has 0 radical (unpaired) electrons. The van der Waals surface area contributed by atoms with Crippen molar-refractivity contribution in [3.05, 3.63) is 29.3 Å². The summed E-state index contributed by atoms with van der Waals surface area (Å²) in [4.78, 5) is 13.5. The first-order chi connectivity index (χ1) is 9.78. The summed E-state index contributed by atoms with van der Waals surface area (Å²) >= 11 is 0. The Balaban J connectivity index is 1.72. The minimum absolute atomic E-state index is 0.735. The molecule has 0 bridgehead atoms. The van der Waals surface area contributed by atoms with E-state index in [0.29, 0.717) is 0 Å². The molecule has 0 unspecified atom stereocenters. The molecule has 0 heterocycles. The number of benzene rings is 1. The third kappa shape index (κ3) is 3.60. The zero-order valence-corrected chi connectivity index (χ0v) is 12.2. The van der Waals surface area contributed by atoms with Gasteiger partial charge in [0.1, 0.15) is 12.0 Å². The van der Waals surface area contributed by atoms with Gasteiger partial charge in [0, 0.05) is 30.8 Å². The third-order valence-electron chi connectivity index (χ3n) is 4.26. The lowest BCUT2D eigenvalue weighted by Gasteiger charge is -2.23. The van der Waals surface area contributed by atoms with Crippen molar-refractivity contribution < 1.29 is 9.53 Å². The predicted molar refractivity (Wildman–Crippen MR) is 79.1 cm³/mol. The summed E-state index contributed by atoms with van der Waals surface area (Å²) in [7, 11) is 1.70. The van der Waals surface area contributed by atoms with Crippen LogP contribution in [0, 0.1) is 11.8 Å². The molecule has 0 N–H and O–H groups in total. The zero-order chi connectivity index (χ0) is 13.9. The SMILES string of the molecule is COc1ccc(C=O)cc1CN(CC1CC1)CC1CC1. The second-order valence-corrected chi connectivity index (χ2v) is 6.27. The van der Waals surface area contributed by atoms with E-state index in [9.17, 15) is 4.79 Å². The van der Waals surface area contributed by atoms with E-state index in [-0.39, 0.29) is 0 Å². The molecule has 0 spiro atoms. The Morgan fingerprint density at radius 3 is 2.35 bits per heavy atom. The normalized spacial score (nSPS) is 18.3. The van der Waals surface area contributed by atoms with Gasteiger partial charge in [-0.2, -0.15) is 0 Å². The molecule has 3 rings (SSSR count). The van der Waals surface area contributed by atoms with E-state index in [1.807, 2.05) is 18.2 Å². The van der Waals surface area contributed by atoms with Gasteiger partial charge in [-0.15, -0.1) is 0 Å². The van der Waals surface area contributed by atoms with Gasteiger partial charge in [0.15, 0.2) is 0 Å². The van der Waals surface area contributed by atoms with Crippen LogP contribution in [0.3, 0.4) is 0 Å². The maximum atomic E-state index is 11.0. The van der Waals surface area contributed by atoms with Gasteiger partial charge in [0.25, 0.3) is 0 Å². The van der Waals surface area contributed by atoms with E-state index >= 15 is 0 Å². The number of hydrogen-bond acceptors (Lipinski definition) is 3. The van der Waals surface area contributed by atoms with Gasteiger partial charge in [-0.1, -0.05) is 0 Å². The fourth-order valence-electron chi connectivity index (χ4n) is 2.77. The molecule has 0 amide bonds. The summed E-state index contributed by atoms with van der Waals surface area (Å²) in [5.74, 6) is 2.69. The van der Waals surface area contributed by atoms with Crippen molar-refractivity contribution >= 4 is 6.29 Å². The van der Waals surface area contributed by atoms with Gasteiger partial charge in [0.05, 0.1) is 7.11 Å². The molecule has 1 aromatic rings. The van der Waals surface area contributed by atoms with Crippen LogP contribution in [0.2, 0.25) is 0 Å². The molecular formula is C17H23NO2. The van der Waals surface area contributed by atoms with Gasteiger partial charge in [-0.05, 0) is 55.7 Å². The molecule has 108 valence electrons. The highest BCUT2D eigenvalue weighted by atomic mass is 16.5. The number of carbonyl (C=O) groups is 1. The molecule has 3 nitrogen and oxygen atoms in total. The van der Waals surface area contributed by atoms with E-state index in [2.05, 4.69) is 4.90 Å². The van der Waals surface area contributed by atoms with E-state index in [4.69, 9.17) is 4.74 Å². The number of carbonyl (C=O) groups excluding carboxylic acids is 1. The summed E-state index contributed by atoms with van der Waals surface area (Å²) in [5.41, 5.74) is 1.87. The summed E-state index contributed by atoms with van der Waals surface area (Å²) in [5, 5.41) is 0. The molecule has 0 aliphatic heterocycles. The van der Waals surface area contributed by atoms with Crippen molar-refractivity contribution in [2.24, 2.45) is 11.8 Å². The minimum Gasteiger partial charge on any atom is -0.496 e. The fraction of sp³-hybridized carbons (Fsp3) is 0.588.